The van der Waals surface area contributed by atoms with E-state index in [9.17, 15) is 9.59 Å². The van der Waals surface area contributed by atoms with E-state index in [0.29, 0.717) is 13.1 Å². The molecule has 0 aliphatic carbocycles. The maximum Gasteiger partial charge on any atom is 0.407 e. The van der Waals surface area contributed by atoms with Gasteiger partial charge in [0.2, 0.25) is 5.91 Å². The average molecular weight is 292 g/mol. The minimum Gasteiger partial charge on any atom is -0.444 e. The molecule has 1 aromatic carbocycles. The number of alkyl carbamates (subject to hydrolysis) is 1. The van der Waals surface area contributed by atoms with Crippen LogP contribution in [0.1, 0.15) is 33.3 Å². The second-order valence-electron chi connectivity index (χ2n) is 5.94. The Kier molecular flexibility index (Phi) is 5.76. The quantitative estimate of drug-likeness (QED) is 0.928. The number of nitrogens with one attached hydrogen (secondary N) is 1. The van der Waals surface area contributed by atoms with Crippen LogP contribution in [0.2, 0.25) is 0 Å². The number of hydrogen-bond acceptors (Lipinski definition) is 3. The van der Waals surface area contributed by atoms with Gasteiger partial charge in [-0.1, -0.05) is 12.1 Å². The lowest BCUT2D eigenvalue weighted by molar-refractivity contribution is -0.116. The first-order chi connectivity index (χ1) is 9.69. The highest BCUT2D eigenvalue weighted by Crippen LogP contribution is 2.15. The summed E-state index contributed by atoms with van der Waals surface area (Å²) in [6.45, 7) is 9.64. The molecule has 0 bridgehead atoms. The molecule has 0 unspecified atom stereocenters. The van der Waals surface area contributed by atoms with Crippen molar-refractivity contribution in [3.05, 3.63) is 29.8 Å². The maximum absolute atomic E-state index is 11.7. The van der Waals surface area contributed by atoms with Gasteiger partial charge in [-0.05, 0) is 45.4 Å². The molecule has 0 aliphatic rings. The highest BCUT2D eigenvalue weighted by Gasteiger charge is 2.16. The fourth-order valence-corrected chi connectivity index (χ4v) is 1.85. The normalized spacial score (nSPS) is 10.9. The van der Waals surface area contributed by atoms with Crippen LogP contribution in [0.25, 0.3) is 0 Å². The van der Waals surface area contributed by atoms with Crippen LogP contribution in [0.3, 0.4) is 0 Å². The molecule has 2 amide bonds. The van der Waals surface area contributed by atoms with Gasteiger partial charge in [-0.25, -0.2) is 4.79 Å². The molecule has 0 fully saturated rings. The maximum atomic E-state index is 11.7. The van der Waals surface area contributed by atoms with Gasteiger partial charge in [0, 0.05) is 25.7 Å². The smallest absolute Gasteiger partial charge is 0.407 e. The lowest BCUT2D eigenvalue weighted by atomic mass is 10.2. The van der Waals surface area contributed by atoms with E-state index in [4.69, 9.17) is 4.74 Å². The van der Waals surface area contributed by atoms with Crippen LogP contribution in [0.5, 0.6) is 0 Å². The number of benzene rings is 1. The van der Waals surface area contributed by atoms with Crippen molar-refractivity contribution < 1.29 is 14.3 Å². The summed E-state index contributed by atoms with van der Waals surface area (Å²) in [5.41, 5.74) is 1.38. The fourth-order valence-electron chi connectivity index (χ4n) is 1.85. The van der Waals surface area contributed by atoms with E-state index in [1.54, 1.807) is 25.7 Å². The summed E-state index contributed by atoms with van der Waals surface area (Å²) in [5, 5.41) is 2.65. The molecule has 0 saturated carbocycles. The summed E-state index contributed by atoms with van der Waals surface area (Å²) < 4.78 is 5.15. The van der Waals surface area contributed by atoms with Crippen molar-refractivity contribution in [1.29, 1.82) is 0 Å². The van der Waals surface area contributed by atoms with Crippen molar-refractivity contribution in [1.82, 2.24) is 5.32 Å². The lowest BCUT2D eigenvalue weighted by Crippen LogP contribution is -2.39. The third-order valence-corrected chi connectivity index (χ3v) is 2.70. The van der Waals surface area contributed by atoms with Gasteiger partial charge in [0.05, 0.1) is 0 Å². The summed E-state index contributed by atoms with van der Waals surface area (Å²) in [7, 11) is 0. The van der Waals surface area contributed by atoms with Crippen LogP contribution in [0, 0.1) is 6.92 Å². The van der Waals surface area contributed by atoms with Crippen molar-refractivity contribution in [2.45, 2.75) is 40.2 Å². The first kappa shape index (κ1) is 17.0. The molecule has 21 heavy (non-hydrogen) atoms. The summed E-state index contributed by atoms with van der Waals surface area (Å²) in [5.74, 6) is -0.0633. The highest BCUT2D eigenvalue weighted by atomic mass is 16.6. The number of amides is 2. The van der Waals surface area contributed by atoms with Crippen molar-refractivity contribution in [2.24, 2.45) is 0 Å². The number of aryl methyl sites for hydroxylation is 1. The first-order valence-electron chi connectivity index (χ1n) is 7.00. The van der Waals surface area contributed by atoms with Gasteiger partial charge in [-0.3, -0.25) is 4.79 Å². The molecular weight excluding hydrogens is 268 g/mol. The number of carbonyl (C=O) groups excluding carboxylic acids is 2. The van der Waals surface area contributed by atoms with Gasteiger partial charge in [0.15, 0.2) is 0 Å². The summed E-state index contributed by atoms with van der Waals surface area (Å²) >= 11 is 0. The number of anilines is 1. The van der Waals surface area contributed by atoms with Crippen molar-refractivity contribution >= 4 is 17.7 Å². The van der Waals surface area contributed by atoms with E-state index in [0.717, 1.165) is 11.3 Å². The predicted octanol–water partition coefficient (Wildman–Crippen LogP) is 2.87. The molecular formula is C16H24N2O3. The molecule has 1 N–H and O–H groups in total. The van der Waals surface area contributed by atoms with Crippen LogP contribution in [0.15, 0.2) is 24.3 Å². The topological polar surface area (TPSA) is 58.6 Å². The third-order valence-electron chi connectivity index (χ3n) is 2.70. The molecule has 0 aromatic heterocycles. The van der Waals surface area contributed by atoms with E-state index in [1.807, 2.05) is 31.2 Å². The number of ether oxygens (including phenoxy) is 1. The van der Waals surface area contributed by atoms with Gasteiger partial charge in [-0.15, -0.1) is 0 Å². The van der Waals surface area contributed by atoms with Crippen LogP contribution in [0.4, 0.5) is 10.5 Å². The molecule has 0 spiro atoms. The Morgan fingerprint density at radius 2 is 1.95 bits per heavy atom. The van der Waals surface area contributed by atoms with Gasteiger partial charge >= 0.3 is 6.09 Å². The molecule has 5 nitrogen and oxygen atoms in total. The zero-order valence-electron chi connectivity index (χ0n) is 13.4. The Hall–Kier alpha value is -2.04. The van der Waals surface area contributed by atoms with E-state index >= 15 is 0 Å². The SMILES string of the molecule is CC(=O)N(CCNC(=O)OC(C)(C)C)c1cccc(C)c1. The van der Waals surface area contributed by atoms with Crippen molar-refractivity contribution in [3.63, 3.8) is 0 Å². The average Bonchev–Trinajstić information content (AvgIpc) is 2.31. The second-order valence-corrected chi connectivity index (χ2v) is 5.94. The third kappa shape index (κ3) is 6.29. The summed E-state index contributed by atoms with van der Waals surface area (Å²) in [6.07, 6.45) is -0.477. The van der Waals surface area contributed by atoms with Crippen molar-refractivity contribution in [2.75, 3.05) is 18.0 Å². The minimum absolute atomic E-state index is 0.0633. The van der Waals surface area contributed by atoms with E-state index < -0.39 is 11.7 Å². The van der Waals surface area contributed by atoms with E-state index in [-0.39, 0.29) is 5.91 Å². The Morgan fingerprint density at radius 3 is 2.48 bits per heavy atom. The molecule has 0 radical (unpaired) electrons. The molecule has 0 saturated heterocycles. The van der Waals surface area contributed by atoms with Gasteiger partial charge < -0.3 is 15.0 Å². The number of nitrogens with zero attached hydrogens (tertiary/aromatic N) is 1. The molecule has 0 heterocycles. The Bertz CT molecular complexity index is 506. The standard InChI is InChI=1S/C16H24N2O3/c1-12-7-6-8-14(11-12)18(13(2)19)10-9-17-15(20)21-16(3,4)5/h6-8,11H,9-10H2,1-5H3,(H,17,20). The van der Waals surface area contributed by atoms with E-state index in [1.165, 1.54) is 6.92 Å². The van der Waals surface area contributed by atoms with Gasteiger partial charge in [0.1, 0.15) is 5.60 Å². The molecule has 0 atom stereocenters. The molecule has 0 aliphatic heterocycles. The first-order valence-corrected chi connectivity index (χ1v) is 7.00. The van der Waals surface area contributed by atoms with Crippen LogP contribution in [-0.2, 0) is 9.53 Å². The molecule has 1 aromatic rings. The summed E-state index contributed by atoms with van der Waals surface area (Å²) in [4.78, 5) is 24.9. The molecule has 116 valence electrons. The monoisotopic (exact) mass is 292 g/mol. The van der Waals surface area contributed by atoms with Gasteiger partial charge in [-0.2, -0.15) is 0 Å². The number of rotatable bonds is 4. The fraction of sp³-hybridized carbons (Fsp3) is 0.500. The van der Waals surface area contributed by atoms with Crippen molar-refractivity contribution in [3.8, 4) is 0 Å². The number of carbonyl (C=O) groups is 2. The largest absolute Gasteiger partial charge is 0.444 e. The zero-order chi connectivity index (χ0) is 16.0. The van der Waals surface area contributed by atoms with Crippen LogP contribution in [-0.4, -0.2) is 30.7 Å². The molecule has 1 rings (SSSR count). The predicted molar refractivity (Wildman–Crippen MR) is 83.4 cm³/mol. The zero-order valence-corrected chi connectivity index (χ0v) is 13.4. The van der Waals surface area contributed by atoms with Crippen LogP contribution >= 0.6 is 0 Å². The molecule has 5 heteroatoms. The van der Waals surface area contributed by atoms with E-state index in [2.05, 4.69) is 5.32 Å². The summed E-state index contributed by atoms with van der Waals surface area (Å²) in [6, 6.07) is 7.69. The minimum atomic E-state index is -0.527. The number of hydrogen-bond donors (Lipinski definition) is 1. The Balaban J connectivity index is 2.57. The highest BCUT2D eigenvalue weighted by molar-refractivity contribution is 5.91. The Morgan fingerprint density at radius 1 is 1.29 bits per heavy atom. The lowest BCUT2D eigenvalue weighted by Gasteiger charge is -2.23. The van der Waals surface area contributed by atoms with Crippen LogP contribution < -0.4 is 10.2 Å². The Labute approximate surface area is 126 Å². The second kappa shape index (κ2) is 7.11. The van der Waals surface area contributed by atoms with Gasteiger partial charge in [0.25, 0.3) is 0 Å².